The summed E-state index contributed by atoms with van der Waals surface area (Å²) in [4.78, 5) is 37.9. The van der Waals surface area contributed by atoms with Crippen LogP contribution in [0.5, 0.6) is 0 Å². The molecule has 0 aromatic heterocycles. The summed E-state index contributed by atoms with van der Waals surface area (Å²) in [5.74, 6) is -1.15. The van der Waals surface area contributed by atoms with Crippen LogP contribution in [0.4, 0.5) is 5.69 Å². The second-order valence-electron chi connectivity index (χ2n) is 5.77. The maximum absolute atomic E-state index is 12.5. The molecule has 128 valence electrons. The zero-order valence-electron chi connectivity index (χ0n) is 13.5. The maximum Gasteiger partial charge on any atom is 0.265 e. The molecule has 1 fully saturated rings. The summed E-state index contributed by atoms with van der Waals surface area (Å²) in [5.41, 5.74) is 7.00. The molecule has 7 heteroatoms. The fourth-order valence-electron chi connectivity index (χ4n) is 2.56. The molecule has 6 nitrogen and oxygen atoms in total. The summed E-state index contributed by atoms with van der Waals surface area (Å²) in [5, 5.41) is 0.435. The van der Waals surface area contributed by atoms with Crippen LogP contribution in [0.25, 0.3) is 0 Å². The molecule has 1 heterocycles. The van der Waals surface area contributed by atoms with Gasteiger partial charge < -0.3 is 0 Å². The van der Waals surface area contributed by atoms with Crippen molar-refractivity contribution in [3.8, 4) is 0 Å². The van der Waals surface area contributed by atoms with Crippen LogP contribution in [0.1, 0.15) is 22.3 Å². The monoisotopic (exact) mass is 357 g/mol. The van der Waals surface area contributed by atoms with Gasteiger partial charge in [-0.05, 0) is 37.3 Å². The van der Waals surface area contributed by atoms with E-state index >= 15 is 0 Å². The summed E-state index contributed by atoms with van der Waals surface area (Å²) in [6.45, 7) is 1.92. The minimum Gasteiger partial charge on any atom is -0.287 e. The second-order valence-corrected chi connectivity index (χ2v) is 6.20. The first-order valence-corrected chi connectivity index (χ1v) is 8.08. The number of hydrazine groups is 1. The van der Waals surface area contributed by atoms with Gasteiger partial charge in [-0.1, -0.05) is 35.4 Å². The number of nitrogens with zero attached hydrogens (tertiary/aromatic N) is 1. The lowest BCUT2D eigenvalue weighted by Gasteiger charge is -2.16. The number of imide groups is 1. The van der Waals surface area contributed by atoms with E-state index in [0.29, 0.717) is 16.3 Å². The van der Waals surface area contributed by atoms with Gasteiger partial charge in [-0.3, -0.25) is 19.8 Å². The van der Waals surface area contributed by atoms with E-state index in [1.165, 1.54) is 6.07 Å². The Morgan fingerprint density at radius 2 is 1.88 bits per heavy atom. The molecule has 1 atom stereocenters. The average Bonchev–Trinajstić information content (AvgIpc) is 2.87. The molecule has 3 rings (SSSR count). The lowest BCUT2D eigenvalue weighted by molar-refractivity contribution is -0.121. The van der Waals surface area contributed by atoms with Crippen molar-refractivity contribution >= 4 is 35.0 Å². The molecule has 0 unspecified atom stereocenters. The number of benzene rings is 2. The van der Waals surface area contributed by atoms with Crippen molar-refractivity contribution in [2.75, 3.05) is 4.90 Å². The van der Waals surface area contributed by atoms with Crippen molar-refractivity contribution in [3.05, 3.63) is 64.7 Å². The van der Waals surface area contributed by atoms with E-state index in [0.717, 1.165) is 10.5 Å². The molecule has 3 amide bonds. The minimum absolute atomic E-state index is 0.0253. The van der Waals surface area contributed by atoms with E-state index in [4.69, 9.17) is 11.6 Å². The lowest BCUT2D eigenvalue weighted by Crippen LogP contribution is -2.48. The molecule has 25 heavy (non-hydrogen) atoms. The van der Waals surface area contributed by atoms with Gasteiger partial charge in [-0.25, -0.2) is 10.3 Å². The van der Waals surface area contributed by atoms with Crippen molar-refractivity contribution in [1.82, 2.24) is 10.9 Å². The van der Waals surface area contributed by atoms with Crippen molar-refractivity contribution in [2.45, 2.75) is 19.4 Å². The van der Waals surface area contributed by atoms with Crippen LogP contribution >= 0.6 is 11.6 Å². The first kappa shape index (κ1) is 17.1. The molecule has 2 aromatic carbocycles. The Morgan fingerprint density at radius 3 is 2.56 bits per heavy atom. The van der Waals surface area contributed by atoms with Crippen molar-refractivity contribution in [3.63, 3.8) is 0 Å². The summed E-state index contributed by atoms with van der Waals surface area (Å²) >= 11 is 5.85. The molecular weight excluding hydrogens is 342 g/mol. The summed E-state index contributed by atoms with van der Waals surface area (Å²) in [6.07, 6.45) is -0.0253. The Hall–Kier alpha value is -2.70. The van der Waals surface area contributed by atoms with Crippen LogP contribution in [0, 0.1) is 6.92 Å². The van der Waals surface area contributed by atoms with Crippen LogP contribution in [0.2, 0.25) is 5.02 Å². The number of rotatable bonds is 4. The van der Waals surface area contributed by atoms with Crippen LogP contribution in [-0.4, -0.2) is 23.8 Å². The molecule has 1 aliphatic rings. The average molecular weight is 358 g/mol. The number of anilines is 1. The Labute approximate surface area is 149 Å². The van der Waals surface area contributed by atoms with Crippen LogP contribution in [0.15, 0.2) is 48.5 Å². The first-order valence-electron chi connectivity index (χ1n) is 7.70. The van der Waals surface area contributed by atoms with E-state index in [1.54, 1.807) is 30.3 Å². The number of hydrogen-bond donors (Lipinski definition) is 2. The Bertz CT molecular complexity index is 836. The predicted molar refractivity (Wildman–Crippen MR) is 94.1 cm³/mol. The Morgan fingerprint density at radius 1 is 1.16 bits per heavy atom. The van der Waals surface area contributed by atoms with Gasteiger partial charge >= 0.3 is 0 Å². The summed E-state index contributed by atoms with van der Waals surface area (Å²) < 4.78 is 0. The van der Waals surface area contributed by atoms with Gasteiger partial charge in [0.2, 0.25) is 5.91 Å². The summed E-state index contributed by atoms with van der Waals surface area (Å²) in [7, 11) is 0. The highest BCUT2D eigenvalue weighted by molar-refractivity contribution is 6.31. The van der Waals surface area contributed by atoms with Crippen molar-refractivity contribution in [2.24, 2.45) is 0 Å². The highest BCUT2D eigenvalue weighted by Gasteiger charge is 2.39. The van der Waals surface area contributed by atoms with Crippen LogP contribution in [-0.2, 0) is 9.59 Å². The van der Waals surface area contributed by atoms with Crippen LogP contribution in [0.3, 0.4) is 0 Å². The van der Waals surface area contributed by atoms with Crippen molar-refractivity contribution in [1.29, 1.82) is 0 Å². The Balaban J connectivity index is 1.66. The normalized spacial score (nSPS) is 17.0. The highest BCUT2D eigenvalue weighted by Crippen LogP contribution is 2.23. The third-order valence-electron chi connectivity index (χ3n) is 3.89. The molecule has 0 radical (unpaired) electrons. The lowest BCUT2D eigenvalue weighted by atomic mass is 10.2. The van der Waals surface area contributed by atoms with Gasteiger partial charge in [0, 0.05) is 10.6 Å². The SMILES string of the molecule is Cc1ccc(N2C(=O)C[C@@H](NNC(=O)c3cccc(Cl)c3)C2=O)cc1. The molecular formula is C18H16ClN3O3. The molecule has 2 aromatic rings. The van der Waals surface area contributed by atoms with E-state index in [2.05, 4.69) is 10.9 Å². The number of carbonyl (C=O) groups is 3. The molecule has 1 aliphatic heterocycles. The van der Waals surface area contributed by atoms with E-state index in [-0.39, 0.29) is 12.3 Å². The van der Waals surface area contributed by atoms with Gasteiger partial charge in [0.25, 0.3) is 11.8 Å². The molecule has 0 aliphatic carbocycles. The van der Waals surface area contributed by atoms with Gasteiger partial charge in [0.05, 0.1) is 12.1 Å². The number of halogens is 1. The van der Waals surface area contributed by atoms with E-state index in [9.17, 15) is 14.4 Å². The summed E-state index contributed by atoms with van der Waals surface area (Å²) in [6, 6.07) is 12.7. The molecule has 2 N–H and O–H groups in total. The van der Waals surface area contributed by atoms with E-state index in [1.807, 2.05) is 19.1 Å². The van der Waals surface area contributed by atoms with E-state index < -0.39 is 17.9 Å². The predicted octanol–water partition coefficient (Wildman–Crippen LogP) is 2.21. The third kappa shape index (κ3) is 3.70. The van der Waals surface area contributed by atoms with Gasteiger partial charge in [0.1, 0.15) is 6.04 Å². The topological polar surface area (TPSA) is 78.5 Å². The fourth-order valence-corrected chi connectivity index (χ4v) is 2.75. The smallest absolute Gasteiger partial charge is 0.265 e. The Kier molecular flexibility index (Phi) is 4.83. The molecule has 0 spiro atoms. The van der Waals surface area contributed by atoms with Gasteiger partial charge in [-0.15, -0.1) is 0 Å². The number of aryl methyl sites for hydroxylation is 1. The van der Waals surface area contributed by atoms with Crippen LogP contribution < -0.4 is 15.8 Å². The molecule has 1 saturated heterocycles. The van der Waals surface area contributed by atoms with Crippen molar-refractivity contribution < 1.29 is 14.4 Å². The molecule has 0 bridgehead atoms. The standard InChI is InChI=1S/C18H16ClN3O3/c1-11-5-7-14(8-6-11)22-16(23)10-15(18(22)25)20-21-17(24)12-3-2-4-13(19)9-12/h2-9,15,20H,10H2,1H3,(H,21,24)/t15-/m1/s1. The second kappa shape index (κ2) is 7.04. The number of carbonyl (C=O) groups excluding carboxylic acids is 3. The highest BCUT2D eigenvalue weighted by atomic mass is 35.5. The minimum atomic E-state index is -0.808. The maximum atomic E-state index is 12.5. The number of nitrogens with one attached hydrogen (secondary N) is 2. The largest absolute Gasteiger partial charge is 0.287 e. The van der Waals surface area contributed by atoms with Gasteiger partial charge in [-0.2, -0.15) is 0 Å². The molecule has 0 saturated carbocycles. The first-order chi connectivity index (χ1) is 12.0. The number of amides is 3. The van der Waals surface area contributed by atoms with Gasteiger partial charge in [0.15, 0.2) is 0 Å². The quantitative estimate of drug-likeness (QED) is 0.649. The number of hydrogen-bond acceptors (Lipinski definition) is 4. The third-order valence-corrected chi connectivity index (χ3v) is 4.12. The fraction of sp³-hybridized carbons (Fsp3) is 0.167. The zero-order chi connectivity index (χ0) is 18.0. The zero-order valence-corrected chi connectivity index (χ0v) is 14.2.